The summed E-state index contributed by atoms with van der Waals surface area (Å²) in [5, 5.41) is 3.95. The van der Waals surface area contributed by atoms with Crippen molar-refractivity contribution in [3.63, 3.8) is 0 Å². The predicted octanol–water partition coefficient (Wildman–Crippen LogP) is 2.79. The van der Waals surface area contributed by atoms with Crippen LogP contribution in [0, 0.1) is 0 Å². The van der Waals surface area contributed by atoms with Gasteiger partial charge in [0.05, 0.1) is 4.88 Å². The molecule has 0 radical (unpaired) electrons. The fraction of sp³-hybridized carbons (Fsp3) is 0.308. The van der Waals surface area contributed by atoms with Gasteiger partial charge in [-0.15, -0.1) is 23.7 Å². The quantitative estimate of drug-likeness (QED) is 0.911. The van der Waals surface area contributed by atoms with Crippen LogP contribution in [0.4, 0.5) is 0 Å². The monoisotopic (exact) mass is 284 g/mol. The molecule has 0 aliphatic heterocycles. The smallest absolute Gasteiger partial charge is 0.261 e. The van der Waals surface area contributed by atoms with E-state index in [0.717, 1.165) is 15.0 Å². The molecule has 1 heterocycles. The third-order valence-electron chi connectivity index (χ3n) is 2.35. The average molecular weight is 285 g/mol. The van der Waals surface area contributed by atoms with Gasteiger partial charge in [-0.2, -0.15) is 0 Å². The van der Waals surface area contributed by atoms with Crippen molar-refractivity contribution in [1.82, 2.24) is 5.32 Å². The van der Waals surface area contributed by atoms with Crippen LogP contribution in [0.3, 0.4) is 0 Å². The molecule has 1 amide bonds. The van der Waals surface area contributed by atoms with Gasteiger partial charge in [-0.1, -0.05) is 18.2 Å². The Bertz CT molecular complexity index is 512. The summed E-state index contributed by atoms with van der Waals surface area (Å²) in [4.78, 5) is 12.6. The van der Waals surface area contributed by atoms with Crippen LogP contribution in [0.25, 0.3) is 10.1 Å². The molecular formula is C13H17ClN2OS. The number of carbonyl (C=O) groups is 1. The van der Waals surface area contributed by atoms with Crippen LogP contribution < -0.4 is 11.1 Å². The van der Waals surface area contributed by atoms with Crippen molar-refractivity contribution in [3.8, 4) is 0 Å². The molecule has 0 fully saturated rings. The molecule has 2 rings (SSSR count). The first-order valence-electron chi connectivity index (χ1n) is 5.51. The molecule has 0 aliphatic rings. The third kappa shape index (κ3) is 3.70. The van der Waals surface area contributed by atoms with E-state index in [1.54, 1.807) is 0 Å². The lowest BCUT2D eigenvalue weighted by Gasteiger charge is -2.18. The Labute approximate surface area is 117 Å². The van der Waals surface area contributed by atoms with Crippen molar-refractivity contribution in [3.05, 3.63) is 35.2 Å². The highest BCUT2D eigenvalue weighted by molar-refractivity contribution is 7.20. The molecule has 1 aromatic heterocycles. The summed E-state index contributed by atoms with van der Waals surface area (Å²) < 4.78 is 1.13. The molecule has 98 valence electrons. The number of halogens is 1. The van der Waals surface area contributed by atoms with Crippen molar-refractivity contribution in [2.24, 2.45) is 5.73 Å². The van der Waals surface area contributed by atoms with E-state index in [-0.39, 0.29) is 23.9 Å². The molecule has 2 aromatic rings. The van der Waals surface area contributed by atoms with Gasteiger partial charge in [-0.05, 0) is 31.4 Å². The number of hydrogen-bond acceptors (Lipinski definition) is 3. The number of hydrogen-bond donors (Lipinski definition) is 2. The number of amides is 1. The van der Waals surface area contributed by atoms with E-state index in [1.807, 2.05) is 44.2 Å². The molecule has 0 aliphatic carbocycles. The maximum Gasteiger partial charge on any atom is 0.261 e. The number of carbonyl (C=O) groups excluding carboxylic acids is 1. The molecule has 0 saturated heterocycles. The molecule has 5 heteroatoms. The number of thiophene rings is 1. The molecular weight excluding hydrogens is 268 g/mol. The molecule has 0 bridgehead atoms. The lowest BCUT2D eigenvalue weighted by molar-refractivity contribution is 0.0950. The second-order valence-electron chi connectivity index (χ2n) is 4.82. The number of benzene rings is 1. The second kappa shape index (κ2) is 5.69. The van der Waals surface area contributed by atoms with E-state index in [2.05, 4.69) is 5.32 Å². The Morgan fingerprint density at radius 2 is 2.06 bits per heavy atom. The number of fused-ring (bicyclic) bond motifs is 1. The summed E-state index contributed by atoms with van der Waals surface area (Å²) >= 11 is 1.50. The summed E-state index contributed by atoms with van der Waals surface area (Å²) in [6, 6.07) is 9.89. The van der Waals surface area contributed by atoms with Crippen LogP contribution in [0.2, 0.25) is 0 Å². The summed E-state index contributed by atoms with van der Waals surface area (Å²) in [5.74, 6) is -0.0512. The Hall–Kier alpha value is -1.10. The zero-order valence-electron chi connectivity index (χ0n) is 10.4. The standard InChI is InChI=1S/C13H16N2OS.ClH/c1-13(2,14)8-15-12(16)11-7-9-5-3-4-6-10(9)17-11;/h3-7H,8,14H2,1-2H3,(H,15,16);1H. The minimum absolute atomic E-state index is 0. The van der Waals surface area contributed by atoms with E-state index in [4.69, 9.17) is 5.73 Å². The first kappa shape index (κ1) is 15.0. The van der Waals surface area contributed by atoms with E-state index < -0.39 is 0 Å². The molecule has 0 unspecified atom stereocenters. The van der Waals surface area contributed by atoms with Crippen molar-refractivity contribution in [2.45, 2.75) is 19.4 Å². The summed E-state index contributed by atoms with van der Waals surface area (Å²) in [6.45, 7) is 4.25. The van der Waals surface area contributed by atoms with Crippen molar-refractivity contribution in [2.75, 3.05) is 6.54 Å². The molecule has 0 spiro atoms. The number of nitrogens with one attached hydrogen (secondary N) is 1. The highest BCUT2D eigenvalue weighted by Crippen LogP contribution is 2.24. The van der Waals surface area contributed by atoms with Gasteiger partial charge in [-0.25, -0.2) is 0 Å². The van der Waals surface area contributed by atoms with Crippen LogP contribution in [-0.2, 0) is 0 Å². The number of rotatable bonds is 3. The lowest BCUT2D eigenvalue weighted by Crippen LogP contribution is -2.44. The zero-order chi connectivity index (χ0) is 12.5. The number of nitrogens with two attached hydrogens (primary N) is 1. The van der Waals surface area contributed by atoms with Gasteiger partial charge >= 0.3 is 0 Å². The van der Waals surface area contributed by atoms with Gasteiger partial charge in [0.2, 0.25) is 0 Å². The SMILES string of the molecule is CC(C)(N)CNC(=O)c1cc2ccccc2s1.Cl. The first-order chi connectivity index (χ1) is 7.96. The summed E-state index contributed by atoms with van der Waals surface area (Å²) in [7, 11) is 0. The third-order valence-corrected chi connectivity index (χ3v) is 3.47. The molecule has 0 saturated carbocycles. The lowest BCUT2D eigenvalue weighted by atomic mass is 10.1. The minimum atomic E-state index is -0.383. The van der Waals surface area contributed by atoms with Gasteiger partial charge in [0, 0.05) is 16.8 Å². The van der Waals surface area contributed by atoms with E-state index >= 15 is 0 Å². The normalized spacial score (nSPS) is 11.1. The van der Waals surface area contributed by atoms with Gasteiger partial charge in [0.25, 0.3) is 5.91 Å². The Balaban J connectivity index is 0.00000162. The van der Waals surface area contributed by atoms with Crippen LogP contribution >= 0.6 is 23.7 Å². The summed E-state index contributed by atoms with van der Waals surface area (Å²) in [5.41, 5.74) is 5.44. The predicted molar refractivity (Wildman–Crippen MR) is 79.7 cm³/mol. The summed E-state index contributed by atoms with van der Waals surface area (Å²) in [6.07, 6.45) is 0. The maximum atomic E-state index is 11.9. The van der Waals surface area contributed by atoms with E-state index in [9.17, 15) is 4.79 Å². The molecule has 18 heavy (non-hydrogen) atoms. The van der Waals surface area contributed by atoms with Gasteiger partial charge in [0.15, 0.2) is 0 Å². The highest BCUT2D eigenvalue weighted by Gasteiger charge is 2.14. The van der Waals surface area contributed by atoms with Gasteiger partial charge in [0.1, 0.15) is 0 Å². The molecule has 3 N–H and O–H groups in total. The highest BCUT2D eigenvalue weighted by atomic mass is 35.5. The van der Waals surface area contributed by atoms with E-state index in [1.165, 1.54) is 11.3 Å². The fourth-order valence-corrected chi connectivity index (χ4v) is 2.47. The maximum absolute atomic E-state index is 11.9. The van der Waals surface area contributed by atoms with Gasteiger partial charge < -0.3 is 11.1 Å². The van der Waals surface area contributed by atoms with Crippen molar-refractivity contribution >= 4 is 39.7 Å². The van der Waals surface area contributed by atoms with Crippen LogP contribution in [0.5, 0.6) is 0 Å². The largest absolute Gasteiger partial charge is 0.350 e. The Kier molecular flexibility index (Phi) is 4.73. The molecule has 1 aromatic carbocycles. The average Bonchev–Trinajstić information content (AvgIpc) is 2.68. The van der Waals surface area contributed by atoms with Crippen LogP contribution in [0.1, 0.15) is 23.5 Å². The Morgan fingerprint density at radius 1 is 1.39 bits per heavy atom. The van der Waals surface area contributed by atoms with Crippen LogP contribution in [-0.4, -0.2) is 18.0 Å². The molecule has 3 nitrogen and oxygen atoms in total. The fourth-order valence-electron chi connectivity index (χ4n) is 1.49. The molecule has 0 atom stereocenters. The minimum Gasteiger partial charge on any atom is -0.350 e. The van der Waals surface area contributed by atoms with Gasteiger partial charge in [-0.3, -0.25) is 4.79 Å². The van der Waals surface area contributed by atoms with Crippen molar-refractivity contribution < 1.29 is 4.79 Å². The van der Waals surface area contributed by atoms with Crippen LogP contribution in [0.15, 0.2) is 30.3 Å². The van der Waals surface area contributed by atoms with Crippen molar-refractivity contribution in [1.29, 1.82) is 0 Å². The van der Waals surface area contributed by atoms with E-state index in [0.29, 0.717) is 6.54 Å². The Morgan fingerprint density at radius 3 is 2.67 bits per heavy atom. The first-order valence-corrected chi connectivity index (χ1v) is 6.33. The second-order valence-corrected chi connectivity index (χ2v) is 5.90. The topological polar surface area (TPSA) is 55.1 Å². The zero-order valence-corrected chi connectivity index (χ0v) is 12.0.